The van der Waals surface area contributed by atoms with Gasteiger partial charge in [0.25, 0.3) is 5.56 Å². The van der Waals surface area contributed by atoms with Crippen LogP contribution in [0, 0.1) is 0 Å². The predicted octanol–water partition coefficient (Wildman–Crippen LogP) is 2.59. The molecule has 2 heterocycles. The van der Waals surface area contributed by atoms with Crippen molar-refractivity contribution < 1.29 is 4.42 Å². The van der Waals surface area contributed by atoms with Gasteiger partial charge in [-0.05, 0) is 24.3 Å². The summed E-state index contributed by atoms with van der Waals surface area (Å²) < 4.78 is 7.46. The normalized spacial score (nSPS) is 11.6. The van der Waals surface area contributed by atoms with Crippen LogP contribution in [0.2, 0.25) is 0 Å². The van der Waals surface area contributed by atoms with Crippen molar-refractivity contribution in [1.29, 1.82) is 0 Å². The van der Waals surface area contributed by atoms with Gasteiger partial charge < -0.3 is 4.42 Å². The number of hydrogen-bond acceptors (Lipinski definition) is 3. The molecule has 4 heteroatoms. The molecule has 0 aliphatic heterocycles. The van der Waals surface area contributed by atoms with Gasteiger partial charge >= 0.3 is 5.84 Å². The Kier molecular flexibility index (Phi) is 1.67. The molecule has 4 rings (SSSR count). The van der Waals surface area contributed by atoms with Gasteiger partial charge in [0.05, 0.1) is 16.4 Å². The van der Waals surface area contributed by atoms with Gasteiger partial charge in [0.15, 0.2) is 5.58 Å². The lowest BCUT2D eigenvalue weighted by Gasteiger charge is -1.99. The smallest absolute Gasteiger partial charge is 0.310 e. The van der Waals surface area contributed by atoms with Crippen LogP contribution in [0.3, 0.4) is 0 Å². The average Bonchev–Trinajstić information content (AvgIpc) is 2.77. The van der Waals surface area contributed by atoms with Crippen LogP contribution < -0.4 is 5.56 Å². The summed E-state index contributed by atoms with van der Waals surface area (Å²) in [6.45, 7) is 0. The summed E-state index contributed by atoms with van der Waals surface area (Å²) in [4.78, 5) is 15.9. The lowest BCUT2D eigenvalue weighted by atomic mass is 10.2. The largest absolute Gasteiger partial charge is 0.423 e. The van der Waals surface area contributed by atoms with Crippen LogP contribution >= 0.6 is 0 Å². The summed E-state index contributed by atoms with van der Waals surface area (Å²) in [5.41, 5.74) is 2.19. The first-order valence-electron chi connectivity index (χ1n) is 5.64. The summed E-state index contributed by atoms with van der Waals surface area (Å²) in [5.74, 6) is 0.333. The van der Waals surface area contributed by atoms with E-state index >= 15 is 0 Å². The van der Waals surface area contributed by atoms with Crippen LogP contribution in [0.25, 0.3) is 27.8 Å². The van der Waals surface area contributed by atoms with E-state index in [4.69, 9.17) is 4.42 Å². The molecule has 0 atom stereocenters. The molecule has 2 aromatic carbocycles. The zero-order chi connectivity index (χ0) is 12.1. The van der Waals surface area contributed by atoms with Gasteiger partial charge in [0.2, 0.25) is 0 Å². The second-order valence-corrected chi connectivity index (χ2v) is 4.12. The molecular weight excluding hydrogens is 228 g/mol. The van der Waals surface area contributed by atoms with Crippen molar-refractivity contribution in [2.75, 3.05) is 0 Å². The van der Waals surface area contributed by atoms with E-state index in [2.05, 4.69) is 4.98 Å². The van der Waals surface area contributed by atoms with Crippen LogP contribution in [0.5, 0.6) is 0 Å². The third-order valence-corrected chi connectivity index (χ3v) is 3.07. The van der Waals surface area contributed by atoms with Crippen molar-refractivity contribution in [1.82, 2.24) is 9.38 Å². The van der Waals surface area contributed by atoms with E-state index in [1.807, 2.05) is 46.9 Å². The van der Waals surface area contributed by atoms with E-state index in [0.717, 1.165) is 16.6 Å². The summed E-state index contributed by atoms with van der Waals surface area (Å²) in [5, 5.41) is 0.599. The summed E-state index contributed by atoms with van der Waals surface area (Å²) in [7, 11) is 0. The second-order valence-electron chi connectivity index (χ2n) is 4.12. The summed E-state index contributed by atoms with van der Waals surface area (Å²) >= 11 is 0. The van der Waals surface area contributed by atoms with Crippen molar-refractivity contribution in [3.63, 3.8) is 0 Å². The van der Waals surface area contributed by atoms with Crippen molar-refractivity contribution in [3.05, 3.63) is 58.9 Å². The van der Waals surface area contributed by atoms with Crippen LogP contribution in [0.1, 0.15) is 0 Å². The highest BCUT2D eigenvalue weighted by molar-refractivity contribution is 5.87. The van der Waals surface area contributed by atoms with Gasteiger partial charge in [-0.1, -0.05) is 24.3 Å². The minimum Gasteiger partial charge on any atom is -0.423 e. The SMILES string of the molecule is O=c1nc2oc3ccccc3n2c2ccccc12. The molecule has 86 valence electrons. The van der Waals surface area contributed by atoms with E-state index in [1.165, 1.54) is 0 Å². The average molecular weight is 236 g/mol. The Morgan fingerprint density at radius 3 is 2.56 bits per heavy atom. The Balaban J connectivity index is 2.43. The number of fused-ring (bicyclic) bond motifs is 5. The molecule has 0 aliphatic rings. The molecule has 0 unspecified atom stereocenters. The number of rotatable bonds is 0. The summed E-state index contributed by atoms with van der Waals surface area (Å²) in [6, 6.07) is 15.0. The van der Waals surface area contributed by atoms with Gasteiger partial charge in [-0.2, -0.15) is 4.98 Å². The monoisotopic (exact) mass is 236 g/mol. The van der Waals surface area contributed by atoms with Gasteiger partial charge in [-0.15, -0.1) is 0 Å². The van der Waals surface area contributed by atoms with Crippen LogP contribution in [-0.4, -0.2) is 9.38 Å². The molecule has 0 saturated heterocycles. The third kappa shape index (κ3) is 1.09. The Morgan fingerprint density at radius 1 is 0.944 bits per heavy atom. The molecular formula is C14H8N2O2. The Morgan fingerprint density at radius 2 is 1.67 bits per heavy atom. The van der Waals surface area contributed by atoms with E-state index in [1.54, 1.807) is 6.07 Å². The van der Waals surface area contributed by atoms with Crippen molar-refractivity contribution in [3.8, 4) is 0 Å². The fourth-order valence-corrected chi connectivity index (χ4v) is 2.28. The molecule has 4 nitrogen and oxygen atoms in total. The number of para-hydroxylation sites is 3. The number of oxazole rings is 1. The van der Waals surface area contributed by atoms with E-state index in [-0.39, 0.29) is 5.56 Å². The zero-order valence-electron chi connectivity index (χ0n) is 9.33. The minimum atomic E-state index is -0.260. The van der Waals surface area contributed by atoms with Crippen molar-refractivity contribution in [2.45, 2.75) is 0 Å². The fourth-order valence-electron chi connectivity index (χ4n) is 2.28. The number of nitrogens with zero attached hydrogens (tertiary/aromatic N) is 2. The Labute approximate surface area is 101 Å². The number of benzene rings is 2. The first kappa shape index (κ1) is 9.41. The van der Waals surface area contributed by atoms with Gasteiger partial charge in [-0.3, -0.25) is 9.20 Å². The molecule has 0 aliphatic carbocycles. The van der Waals surface area contributed by atoms with Gasteiger partial charge in [0.1, 0.15) is 0 Å². The first-order valence-corrected chi connectivity index (χ1v) is 5.64. The molecule has 0 fully saturated rings. The molecule has 0 radical (unpaired) electrons. The molecule has 18 heavy (non-hydrogen) atoms. The highest BCUT2D eigenvalue weighted by Gasteiger charge is 2.11. The molecule has 4 aromatic rings. The van der Waals surface area contributed by atoms with E-state index in [0.29, 0.717) is 11.2 Å². The van der Waals surface area contributed by atoms with E-state index < -0.39 is 0 Å². The van der Waals surface area contributed by atoms with E-state index in [9.17, 15) is 4.79 Å². The van der Waals surface area contributed by atoms with Gasteiger partial charge in [0, 0.05) is 0 Å². The minimum absolute atomic E-state index is 0.260. The third-order valence-electron chi connectivity index (χ3n) is 3.07. The molecule has 0 amide bonds. The number of hydrogen-bond donors (Lipinski definition) is 0. The van der Waals surface area contributed by atoms with Crippen LogP contribution in [0.4, 0.5) is 0 Å². The summed E-state index contributed by atoms with van der Waals surface area (Å²) in [6.07, 6.45) is 0. The lowest BCUT2D eigenvalue weighted by Crippen LogP contribution is -2.08. The standard InChI is InChI=1S/C14H8N2O2/c17-13-9-5-1-2-6-10(9)16-11-7-3-4-8-12(11)18-14(16)15-13/h1-8H. The highest BCUT2D eigenvalue weighted by Crippen LogP contribution is 2.22. The van der Waals surface area contributed by atoms with Crippen molar-refractivity contribution >= 4 is 27.8 Å². The first-order chi connectivity index (χ1) is 8.84. The Hall–Kier alpha value is -2.62. The molecule has 2 aromatic heterocycles. The maximum Gasteiger partial charge on any atom is 0.310 e. The highest BCUT2D eigenvalue weighted by atomic mass is 16.4. The van der Waals surface area contributed by atoms with Crippen LogP contribution in [-0.2, 0) is 0 Å². The van der Waals surface area contributed by atoms with Crippen LogP contribution in [0.15, 0.2) is 57.7 Å². The lowest BCUT2D eigenvalue weighted by molar-refractivity contribution is 0.636. The van der Waals surface area contributed by atoms with Crippen molar-refractivity contribution in [2.24, 2.45) is 0 Å². The zero-order valence-corrected chi connectivity index (χ0v) is 9.33. The quantitative estimate of drug-likeness (QED) is 0.471. The molecule has 0 spiro atoms. The second kappa shape index (κ2) is 3.20. The molecule has 0 N–H and O–H groups in total. The maximum atomic E-state index is 11.9. The molecule has 0 saturated carbocycles. The molecule has 0 bridgehead atoms. The number of aromatic nitrogens is 2. The fraction of sp³-hybridized carbons (Fsp3) is 0. The maximum absolute atomic E-state index is 11.9. The predicted molar refractivity (Wildman–Crippen MR) is 68.7 cm³/mol. The topological polar surface area (TPSA) is 47.5 Å². The Bertz CT molecular complexity index is 950. The van der Waals surface area contributed by atoms with Gasteiger partial charge in [-0.25, -0.2) is 0 Å².